The van der Waals surface area contributed by atoms with Crippen LogP contribution >= 0.6 is 0 Å². The van der Waals surface area contributed by atoms with Gasteiger partial charge in [0.1, 0.15) is 17.2 Å². The number of benzene rings is 2. The molecule has 6 heteroatoms. The summed E-state index contributed by atoms with van der Waals surface area (Å²) in [6, 6.07) is 15.2. The molecule has 0 aliphatic carbocycles. The number of hydrogen-bond donors (Lipinski definition) is 0. The molecule has 0 radical (unpaired) electrons. The smallest absolute Gasteiger partial charge is 0.351 e. The van der Waals surface area contributed by atoms with Crippen molar-refractivity contribution in [3.05, 3.63) is 42.5 Å². The summed E-state index contributed by atoms with van der Waals surface area (Å²) >= 11 is 0. The number of carbonyl (C=O) groups is 1. The third kappa shape index (κ3) is 3.17. The van der Waals surface area contributed by atoms with Crippen LogP contribution in [0, 0.1) is 16.7 Å². The Bertz CT molecular complexity index is 1070. The van der Waals surface area contributed by atoms with Gasteiger partial charge in [0, 0.05) is 22.3 Å². The number of hydrogen-bond acceptors (Lipinski definition) is 6. The van der Waals surface area contributed by atoms with E-state index in [0.717, 1.165) is 16.4 Å². The van der Waals surface area contributed by atoms with Gasteiger partial charge in [0.15, 0.2) is 0 Å². The summed E-state index contributed by atoms with van der Waals surface area (Å²) in [7, 11) is 0. The molecular formula is C21H21N3O3. The number of fused-ring (bicyclic) bond motifs is 3. The fourth-order valence-corrected chi connectivity index (χ4v) is 2.88. The van der Waals surface area contributed by atoms with Crippen LogP contribution in [0.25, 0.3) is 21.9 Å². The van der Waals surface area contributed by atoms with Crippen molar-refractivity contribution in [3.63, 3.8) is 0 Å². The largest absolute Gasteiger partial charge is 0.463 e. The zero-order valence-corrected chi connectivity index (χ0v) is 15.8. The molecule has 27 heavy (non-hydrogen) atoms. The molecule has 138 valence electrons. The van der Waals surface area contributed by atoms with Gasteiger partial charge in [0.05, 0.1) is 12.3 Å². The van der Waals surface area contributed by atoms with Gasteiger partial charge in [-0.25, -0.2) is 4.79 Å². The quantitative estimate of drug-likeness (QED) is 0.449. The van der Waals surface area contributed by atoms with E-state index in [4.69, 9.17) is 9.15 Å². The zero-order valence-electron chi connectivity index (χ0n) is 15.8. The average molecular weight is 363 g/mol. The highest BCUT2D eigenvalue weighted by Gasteiger charge is 2.52. The minimum Gasteiger partial charge on any atom is -0.463 e. The third-order valence-electron chi connectivity index (χ3n) is 4.50. The van der Waals surface area contributed by atoms with E-state index < -0.39 is 16.9 Å². The van der Waals surface area contributed by atoms with Gasteiger partial charge in [-0.1, -0.05) is 39.0 Å². The highest BCUT2D eigenvalue weighted by molar-refractivity contribution is 6.05. The fraction of sp³-hybridized carbons (Fsp3) is 0.333. The van der Waals surface area contributed by atoms with Crippen molar-refractivity contribution in [2.75, 3.05) is 6.61 Å². The molecule has 0 amide bonds. The lowest BCUT2D eigenvalue weighted by Crippen LogP contribution is -2.48. The Morgan fingerprint density at radius 1 is 1.15 bits per heavy atom. The van der Waals surface area contributed by atoms with Gasteiger partial charge >= 0.3 is 5.97 Å². The van der Waals surface area contributed by atoms with E-state index in [1.54, 1.807) is 39.8 Å². The Morgan fingerprint density at radius 2 is 1.85 bits per heavy atom. The molecule has 0 aliphatic rings. The van der Waals surface area contributed by atoms with Gasteiger partial charge in [0.25, 0.3) is 5.54 Å². The van der Waals surface area contributed by atoms with Gasteiger partial charge in [-0.15, -0.1) is 0 Å². The van der Waals surface area contributed by atoms with Crippen molar-refractivity contribution in [1.82, 2.24) is 0 Å². The molecule has 3 aromatic rings. The molecule has 1 unspecified atom stereocenters. The number of furan rings is 1. The van der Waals surface area contributed by atoms with Crippen LogP contribution in [-0.2, 0) is 9.53 Å². The van der Waals surface area contributed by atoms with Gasteiger partial charge in [-0.3, -0.25) is 0 Å². The molecule has 0 aliphatic heterocycles. The van der Waals surface area contributed by atoms with Crippen LogP contribution in [0.15, 0.2) is 57.1 Å². The molecule has 1 aromatic heterocycles. The van der Waals surface area contributed by atoms with Crippen LogP contribution in [0.1, 0.15) is 27.7 Å². The number of carbonyl (C=O) groups excluding carboxylic acids is 1. The number of azo groups is 1. The predicted octanol–water partition coefficient (Wildman–Crippen LogP) is 5.54. The lowest BCUT2D eigenvalue weighted by molar-refractivity contribution is -0.151. The van der Waals surface area contributed by atoms with Gasteiger partial charge in [-0.05, 0) is 25.1 Å². The summed E-state index contributed by atoms with van der Waals surface area (Å²) in [6.07, 6.45) is 0. The van der Waals surface area contributed by atoms with E-state index in [0.29, 0.717) is 11.3 Å². The lowest BCUT2D eigenvalue weighted by Gasteiger charge is -2.31. The molecule has 0 fully saturated rings. The summed E-state index contributed by atoms with van der Waals surface area (Å²) in [5.41, 5.74) is -0.571. The Morgan fingerprint density at radius 3 is 2.52 bits per heavy atom. The number of esters is 1. The van der Waals surface area contributed by atoms with Crippen molar-refractivity contribution >= 4 is 33.6 Å². The van der Waals surface area contributed by atoms with Gasteiger partial charge < -0.3 is 9.15 Å². The first-order valence-corrected chi connectivity index (χ1v) is 8.75. The first kappa shape index (κ1) is 18.6. The zero-order chi connectivity index (χ0) is 19.7. The van der Waals surface area contributed by atoms with Crippen molar-refractivity contribution in [3.8, 4) is 6.07 Å². The summed E-state index contributed by atoms with van der Waals surface area (Å²) in [5, 5.41) is 20.0. The summed E-state index contributed by atoms with van der Waals surface area (Å²) in [6.45, 7) is 7.13. The van der Waals surface area contributed by atoms with Crippen LogP contribution in [-0.4, -0.2) is 18.1 Å². The number of ether oxygens (including phenoxy) is 1. The first-order chi connectivity index (χ1) is 12.8. The maximum atomic E-state index is 12.5. The maximum absolute atomic E-state index is 12.5. The lowest BCUT2D eigenvalue weighted by atomic mass is 9.75. The minimum absolute atomic E-state index is 0.165. The highest BCUT2D eigenvalue weighted by Crippen LogP contribution is 2.37. The van der Waals surface area contributed by atoms with E-state index in [9.17, 15) is 10.1 Å². The van der Waals surface area contributed by atoms with Crippen LogP contribution < -0.4 is 0 Å². The topological polar surface area (TPSA) is 88.0 Å². The van der Waals surface area contributed by atoms with E-state index in [1.807, 2.05) is 36.4 Å². The normalized spacial score (nSPS) is 14.3. The molecule has 0 saturated heterocycles. The summed E-state index contributed by atoms with van der Waals surface area (Å²) in [5.74, 6) is -0.700. The fourth-order valence-electron chi connectivity index (χ4n) is 2.88. The first-order valence-electron chi connectivity index (χ1n) is 8.75. The van der Waals surface area contributed by atoms with Crippen molar-refractivity contribution in [2.45, 2.75) is 33.2 Å². The Labute approximate surface area is 157 Å². The van der Waals surface area contributed by atoms with Crippen molar-refractivity contribution < 1.29 is 13.9 Å². The maximum Gasteiger partial charge on any atom is 0.351 e. The average Bonchev–Trinajstić information content (AvgIpc) is 2.99. The summed E-state index contributed by atoms with van der Waals surface area (Å²) < 4.78 is 10.9. The number of rotatable bonds is 4. The van der Waals surface area contributed by atoms with E-state index in [1.165, 1.54) is 0 Å². The van der Waals surface area contributed by atoms with E-state index in [2.05, 4.69) is 10.2 Å². The molecule has 6 nitrogen and oxygen atoms in total. The van der Waals surface area contributed by atoms with E-state index >= 15 is 0 Å². The summed E-state index contributed by atoms with van der Waals surface area (Å²) in [4.78, 5) is 12.5. The molecule has 0 saturated carbocycles. The van der Waals surface area contributed by atoms with Crippen molar-refractivity contribution in [2.24, 2.45) is 15.6 Å². The molecule has 2 aromatic carbocycles. The second-order valence-electron chi connectivity index (χ2n) is 7.27. The molecule has 0 spiro atoms. The highest BCUT2D eigenvalue weighted by atomic mass is 16.5. The predicted molar refractivity (Wildman–Crippen MR) is 103 cm³/mol. The molecular weight excluding hydrogens is 342 g/mol. The standard InChI is InChI=1S/C21H21N3O3/c1-5-26-19(25)21(13-22,20(2,3)4)24-23-14-10-11-16-15-8-6-7-9-17(15)27-18(16)12-14/h6-12H,5H2,1-4H3. The molecule has 0 bridgehead atoms. The second-order valence-corrected chi connectivity index (χ2v) is 7.27. The number of nitrogens with zero attached hydrogens (tertiary/aromatic N) is 3. The molecule has 1 atom stereocenters. The van der Waals surface area contributed by atoms with Crippen LogP contribution in [0.3, 0.4) is 0 Å². The van der Waals surface area contributed by atoms with Gasteiger partial charge in [0.2, 0.25) is 0 Å². The number of nitriles is 1. The Hall–Kier alpha value is -3.20. The Balaban J connectivity index is 2.05. The van der Waals surface area contributed by atoms with Crippen LogP contribution in [0.5, 0.6) is 0 Å². The van der Waals surface area contributed by atoms with Crippen molar-refractivity contribution in [1.29, 1.82) is 5.26 Å². The van der Waals surface area contributed by atoms with E-state index in [-0.39, 0.29) is 6.61 Å². The minimum atomic E-state index is -1.73. The van der Waals surface area contributed by atoms with Gasteiger partial charge in [-0.2, -0.15) is 15.5 Å². The monoisotopic (exact) mass is 363 g/mol. The SMILES string of the molecule is CCOC(=O)C(C#N)(N=Nc1ccc2c(c1)oc1ccccc12)C(C)(C)C. The molecule has 0 N–H and O–H groups in total. The molecule has 3 rings (SSSR count). The Kier molecular flexibility index (Phi) is 4.71. The molecule has 1 heterocycles. The second kappa shape index (κ2) is 6.84. The van der Waals surface area contributed by atoms with Crippen LogP contribution in [0.4, 0.5) is 5.69 Å². The van der Waals surface area contributed by atoms with Crippen LogP contribution in [0.2, 0.25) is 0 Å². The third-order valence-corrected chi connectivity index (χ3v) is 4.50. The number of para-hydroxylation sites is 1.